The number of pyridine rings is 3. The Morgan fingerprint density at radius 1 is 1.00 bits per heavy atom. The van der Waals surface area contributed by atoms with Crippen molar-refractivity contribution in [2.75, 3.05) is 6.54 Å². The molecule has 0 amide bonds. The number of imidazole rings is 1. The van der Waals surface area contributed by atoms with Crippen LogP contribution in [0.1, 0.15) is 31.2 Å². The third-order valence-corrected chi connectivity index (χ3v) is 8.14. The van der Waals surface area contributed by atoms with Crippen LogP contribution in [0.4, 0.5) is 4.39 Å². The predicted molar refractivity (Wildman–Crippen MR) is 147 cm³/mol. The molecule has 190 valence electrons. The number of thiophene rings is 1. The molecular formula is C28H25FN8S. The zero-order chi connectivity index (χ0) is 25.5. The van der Waals surface area contributed by atoms with Gasteiger partial charge in [-0.25, -0.2) is 4.98 Å². The molecule has 0 aromatic carbocycles. The molecule has 8 nitrogen and oxygen atoms in total. The lowest BCUT2D eigenvalue weighted by Crippen LogP contribution is -2.20. The van der Waals surface area contributed by atoms with E-state index in [4.69, 9.17) is 4.98 Å². The molecule has 7 rings (SSSR count). The minimum absolute atomic E-state index is 0.241. The van der Waals surface area contributed by atoms with Gasteiger partial charge in [0.25, 0.3) is 0 Å². The first kappa shape index (κ1) is 23.1. The van der Waals surface area contributed by atoms with Gasteiger partial charge in [0.05, 0.1) is 29.1 Å². The summed E-state index contributed by atoms with van der Waals surface area (Å²) in [5.74, 6) is 1.41. The summed E-state index contributed by atoms with van der Waals surface area (Å²) < 4.78 is 13.7. The Morgan fingerprint density at radius 3 is 2.76 bits per heavy atom. The lowest BCUT2D eigenvalue weighted by Gasteiger charge is -2.11. The Morgan fingerprint density at radius 2 is 1.89 bits per heavy atom. The SMILES string of the molecule is Fc1ccc(-c2cncc3[nH]c(-c4n[nH]c5cnc(-c6cncc(CNCC7CCCC7)c6)cc45)nc23)s1. The number of nitrogens with zero attached hydrogens (tertiary/aromatic N) is 5. The fourth-order valence-corrected chi connectivity index (χ4v) is 6.04. The quantitative estimate of drug-likeness (QED) is 0.233. The maximum absolute atomic E-state index is 13.7. The fraction of sp³-hybridized carbons (Fsp3) is 0.250. The molecule has 0 spiro atoms. The van der Waals surface area contributed by atoms with E-state index in [1.165, 1.54) is 31.7 Å². The van der Waals surface area contributed by atoms with Gasteiger partial charge in [-0.1, -0.05) is 12.8 Å². The standard InChI is InChI=1S/C28H25FN8S/c29-25-6-5-24(38-25)20-13-32-14-23-26(20)35-28(34-23)27-19-8-21(33-15-22(19)36-37-27)18-7-17(11-31-12-18)10-30-9-16-3-1-2-4-16/h5-8,11-16,30H,1-4,9-10H2,(H,34,35)(H,36,37). The predicted octanol–water partition coefficient (Wildman–Crippen LogP) is 6.11. The summed E-state index contributed by atoms with van der Waals surface area (Å²) in [5.41, 5.74) is 6.68. The molecule has 38 heavy (non-hydrogen) atoms. The summed E-state index contributed by atoms with van der Waals surface area (Å²) in [6, 6.07) is 7.36. The second kappa shape index (κ2) is 9.70. The Bertz CT molecular complexity index is 1750. The average Bonchev–Trinajstić information content (AvgIpc) is 3.74. The molecule has 1 aliphatic rings. The minimum Gasteiger partial charge on any atom is -0.335 e. The van der Waals surface area contributed by atoms with Crippen molar-refractivity contribution in [2.45, 2.75) is 32.2 Å². The highest BCUT2D eigenvalue weighted by atomic mass is 32.1. The average molecular weight is 525 g/mol. The van der Waals surface area contributed by atoms with Crippen LogP contribution in [0.25, 0.3) is 55.2 Å². The summed E-state index contributed by atoms with van der Waals surface area (Å²) in [5, 5.41) is 11.9. The molecule has 10 heteroatoms. The summed E-state index contributed by atoms with van der Waals surface area (Å²) in [6.45, 7) is 1.85. The lowest BCUT2D eigenvalue weighted by atomic mass is 10.1. The molecule has 1 aliphatic carbocycles. The Labute approximate surface area is 221 Å². The van der Waals surface area contributed by atoms with Crippen LogP contribution >= 0.6 is 11.3 Å². The number of halogens is 1. The van der Waals surface area contributed by atoms with Crippen LogP contribution < -0.4 is 5.32 Å². The fourth-order valence-electron chi connectivity index (χ4n) is 5.30. The van der Waals surface area contributed by atoms with Crippen LogP contribution in [-0.2, 0) is 6.54 Å². The van der Waals surface area contributed by atoms with Crippen molar-refractivity contribution in [1.82, 2.24) is 40.4 Å². The molecule has 1 saturated carbocycles. The highest BCUT2D eigenvalue weighted by Crippen LogP contribution is 2.34. The highest BCUT2D eigenvalue weighted by Gasteiger charge is 2.18. The van der Waals surface area contributed by atoms with Gasteiger partial charge in [-0.3, -0.25) is 20.1 Å². The van der Waals surface area contributed by atoms with E-state index in [9.17, 15) is 4.39 Å². The zero-order valence-electron chi connectivity index (χ0n) is 20.5. The normalized spacial score (nSPS) is 14.2. The minimum atomic E-state index is -0.241. The van der Waals surface area contributed by atoms with E-state index >= 15 is 0 Å². The molecule has 0 saturated heterocycles. The molecule has 6 aromatic rings. The van der Waals surface area contributed by atoms with Gasteiger partial charge in [-0.05, 0) is 55.1 Å². The first-order valence-corrected chi connectivity index (χ1v) is 13.6. The van der Waals surface area contributed by atoms with Crippen LogP contribution in [0.15, 0.2) is 55.2 Å². The number of hydrogen-bond donors (Lipinski definition) is 3. The van der Waals surface area contributed by atoms with Crippen molar-refractivity contribution in [3.63, 3.8) is 0 Å². The number of H-pyrrole nitrogens is 2. The van der Waals surface area contributed by atoms with E-state index in [1.807, 2.05) is 18.5 Å². The molecule has 1 fully saturated rings. The van der Waals surface area contributed by atoms with Crippen molar-refractivity contribution in [1.29, 1.82) is 0 Å². The molecule has 0 atom stereocenters. The van der Waals surface area contributed by atoms with Crippen LogP contribution in [0.2, 0.25) is 0 Å². The summed E-state index contributed by atoms with van der Waals surface area (Å²) >= 11 is 1.08. The first-order valence-electron chi connectivity index (χ1n) is 12.8. The first-order chi connectivity index (χ1) is 18.7. The summed E-state index contributed by atoms with van der Waals surface area (Å²) in [4.78, 5) is 22.4. The number of hydrogen-bond acceptors (Lipinski definition) is 7. The molecule has 6 heterocycles. The lowest BCUT2D eigenvalue weighted by molar-refractivity contribution is 0.489. The molecule has 0 unspecified atom stereocenters. The van der Waals surface area contributed by atoms with Gasteiger partial charge in [-0.2, -0.15) is 9.49 Å². The van der Waals surface area contributed by atoms with E-state index < -0.39 is 0 Å². The van der Waals surface area contributed by atoms with Gasteiger partial charge in [0.1, 0.15) is 11.2 Å². The van der Waals surface area contributed by atoms with Crippen LogP contribution in [0.5, 0.6) is 0 Å². The third kappa shape index (κ3) is 4.35. The van der Waals surface area contributed by atoms with Crippen molar-refractivity contribution < 1.29 is 4.39 Å². The van der Waals surface area contributed by atoms with Crippen LogP contribution in [0, 0.1) is 11.0 Å². The summed E-state index contributed by atoms with van der Waals surface area (Å²) in [6.07, 6.45) is 14.3. The van der Waals surface area contributed by atoms with Gasteiger partial charge in [0.2, 0.25) is 0 Å². The van der Waals surface area contributed by atoms with Gasteiger partial charge in [0, 0.05) is 46.5 Å². The Hall–Kier alpha value is -4.02. The van der Waals surface area contributed by atoms with Crippen molar-refractivity contribution in [2.24, 2.45) is 5.92 Å². The molecule has 0 bridgehead atoms. The second-order valence-corrected chi connectivity index (χ2v) is 10.9. The maximum atomic E-state index is 13.7. The van der Waals surface area contributed by atoms with Crippen molar-refractivity contribution >= 4 is 33.3 Å². The largest absolute Gasteiger partial charge is 0.335 e. The van der Waals surface area contributed by atoms with E-state index in [1.54, 1.807) is 24.7 Å². The zero-order valence-corrected chi connectivity index (χ0v) is 21.4. The molecule has 0 radical (unpaired) electrons. The van der Waals surface area contributed by atoms with Gasteiger partial charge in [0.15, 0.2) is 11.0 Å². The number of aromatic amines is 2. The maximum Gasteiger partial charge on any atom is 0.176 e. The van der Waals surface area contributed by atoms with E-state index in [2.05, 4.69) is 41.5 Å². The summed E-state index contributed by atoms with van der Waals surface area (Å²) in [7, 11) is 0. The van der Waals surface area contributed by atoms with Gasteiger partial charge >= 0.3 is 0 Å². The second-order valence-electron chi connectivity index (χ2n) is 9.82. The molecule has 3 N–H and O–H groups in total. The number of aromatic nitrogens is 7. The van der Waals surface area contributed by atoms with Gasteiger partial charge in [-0.15, -0.1) is 11.3 Å². The molecule has 0 aliphatic heterocycles. The highest BCUT2D eigenvalue weighted by molar-refractivity contribution is 7.14. The van der Waals surface area contributed by atoms with Crippen molar-refractivity contribution in [3.05, 3.63) is 65.9 Å². The van der Waals surface area contributed by atoms with Crippen molar-refractivity contribution in [3.8, 4) is 33.2 Å². The smallest absolute Gasteiger partial charge is 0.176 e. The molecule has 6 aromatic heterocycles. The van der Waals surface area contributed by atoms with Crippen LogP contribution in [0.3, 0.4) is 0 Å². The van der Waals surface area contributed by atoms with E-state index in [0.29, 0.717) is 11.5 Å². The third-order valence-electron chi connectivity index (χ3n) is 7.23. The van der Waals surface area contributed by atoms with E-state index in [0.717, 1.165) is 79.5 Å². The molecular weight excluding hydrogens is 499 g/mol. The van der Waals surface area contributed by atoms with Gasteiger partial charge < -0.3 is 10.3 Å². The number of nitrogens with one attached hydrogen (secondary N) is 3. The topological polar surface area (TPSA) is 108 Å². The Kier molecular flexibility index (Phi) is 5.90. The number of rotatable bonds is 7. The van der Waals surface area contributed by atoms with Crippen LogP contribution in [-0.4, -0.2) is 41.7 Å². The Balaban J connectivity index is 1.20. The monoisotopic (exact) mass is 524 g/mol. The number of fused-ring (bicyclic) bond motifs is 2. The van der Waals surface area contributed by atoms with E-state index in [-0.39, 0.29) is 5.13 Å².